The van der Waals surface area contributed by atoms with Gasteiger partial charge in [-0.2, -0.15) is 13.2 Å². The molecule has 2 N–H and O–H groups in total. The number of nitrogens with one attached hydrogen (secondary N) is 2. The molecule has 0 bridgehead atoms. The van der Waals surface area contributed by atoms with Crippen LogP contribution in [0.2, 0.25) is 0 Å². The maximum atomic E-state index is 13.2. The van der Waals surface area contributed by atoms with Gasteiger partial charge in [0.2, 0.25) is 5.91 Å². The number of benzene rings is 3. The first-order valence-corrected chi connectivity index (χ1v) is 14.9. The van der Waals surface area contributed by atoms with Crippen LogP contribution in [0, 0.1) is 0 Å². The Morgan fingerprint density at radius 3 is 2.48 bits per heavy atom. The van der Waals surface area contributed by atoms with Crippen molar-refractivity contribution in [3.63, 3.8) is 0 Å². The molecule has 3 aliphatic heterocycles. The Kier molecular flexibility index (Phi) is 8.46. The molecule has 10 heteroatoms. The summed E-state index contributed by atoms with van der Waals surface area (Å²) in [7, 11) is 0. The Morgan fingerprint density at radius 1 is 0.977 bits per heavy atom. The van der Waals surface area contributed by atoms with Gasteiger partial charge in [-0.25, -0.2) is 0 Å². The highest BCUT2D eigenvalue weighted by Gasteiger charge is 2.39. The molecular formula is C34H35F3N4O3. The molecule has 6 rings (SSSR count). The quantitative estimate of drug-likeness (QED) is 0.367. The lowest BCUT2D eigenvalue weighted by molar-refractivity contribution is -0.137. The number of allylic oxidation sites excluding steroid dienone is 1. The lowest BCUT2D eigenvalue weighted by Crippen LogP contribution is -2.54. The normalized spacial score (nSPS) is 22.6. The Hall–Kier alpha value is -4.15. The number of nitrogens with zero attached hydrogens (tertiary/aromatic N) is 2. The molecule has 2 saturated heterocycles. The third-order valence-corrected chi connectivity index (χ3v) is 8.64. The summed E-state index contributed by atoms with van der Waals surface area (Å²) in [5.41, 5.74) is 3.36. The molecule has 0 aliphatic carbocycles. The lowest BCUT2D eigenvalue weighted by atomic mass is 10.00. The van der Waals surface area contributed by atoms with Crippen LogP contribution in [0.3, 0.4) is 0 Å². The Labute approximate surface area is 254 Å². The monoisotopic (exact) mass is 604 g/mol. The van der Waals surface area contributed by atoms with Gasteiger partial charge in [0.1, 0.15) is 17.9 Å². The van der Waals surface area contributed by atoms with Gasteiger partial charge in [-0.1, -0.05) is 49.0 Å². The van der Waals surface area contributed by atoms with E-state index in [0.717, 1.165) is 41.8 Å². The second-order valence-electron chi connectivity index (χ2n) is 11.7. The smallest absolute Gasteiger partial charge is 0.416 e. The molecule has 3 aromatic rings. The average molecular weight is 605 g/mol. The predicted molar refractivity (Wildman–Crippen MR) is 159 cm³/mol. The van der Waals surface area contributed by atoms with E-state index in [1.165, 1.54) is 12.1 Å². The van der Waals surface area contributed by atoms with E-state index in [-0.39, 0.29) is 24.0 Å². The van der Waals surface area contributed by atoms with Gasteiger partial charge in [0, 0.05) is 50.0 Å². The second kappa shape index (κ2) is 12.5. The first kappa shape index (κ1) is 29.9. The fraction of sp³-hybridized carbons (Fsp3) is 0.353. The molecule has 7 nitrogen and oxygen atoms in total. The third-order valence-electron chi connectivity index (χ3n) is 8.64. The number of halogens is 3. The minimum Gasteiger partial charge on any atom is -0.487 e. The predicted octanol–water partition coefficient (Wildman–Crippen LogP) is 5.27. The van der Waals surface area contributed by atoms with E-state index in [1.807, 2.05) is 24.3 Å². The summed E-state index contributed by atoms with van der Waals surface area (Å²) in [4.78, 5) is 29.6. The fourth-order valence-corrected chi connectivity index (χ4v) is 6.26. The molecule has 3 unspecified atom stereocenters. The van der Waals surface area contributed by atoms with E-state index in [9.17, 15) is 22.8 Å². The van der Waals surface area contributed by atoms with E-state index in [4.69, 9.17) is 4.74 Å². The van der Waals surface area contributed by atoms with E-state index < -0.39 is 17.8 Å². The maximum Gasteiger partial charge on any atom is 0.416 e. The summed E-state index contributed by atoms with van der Waals surface area (Å²) in [5.74, 6) is 0.260. The number of likely N-dealkylation sites (tertiary alicyclic amines) is 1. The number of alkyl halides is 3. The van der Waals surface area contributed by atoms with Crippen molar-refractivity contribution in [3.8, 4) is 5.75 Å². The number of ether oxygens (including phenoxy) is 1. The van der Waals surface area contributed by atoms with Crippen molar-refractivity contribution >= 4 is 11.8 Å². The van der Waals surface area contributed by atoms with Crippen LogP contribution in [-0.2, 0) is 30.6 Å². The van der Waals surface area contributed by atoms with Crippen LogP contribution in [0.5, 0.6) is 5.75 Å². The zero-order valence-electron chi connectivity index (χ0n) is 24.3. The van der Waals surface area contributed by atoms with E-state index in [2.05, 4.69) is 34.2 Å². The summed E-state index contributed by atoms with van der Waals surface area (Å²) in [6.07, 6.45) is -2.65. The highest BCUT2D eigenvalue weighted by atomic mass is 19.4. The minimum atomic E-state index is -4.37. The van der Waals surface area contributed by atoms with Crippen LogP contribution >= 0.6 is 0 Å². The SMILES string of the molecule is C=C1CCC(N2Cc3cc(OC4CN(Cc5ccc(C(F)(F)F)cc5)CCC4NCc4ccccc4)ccc3C2=O)C(=O)N1. The summed E-state index contributed by atoms with van der Waals surface area (Å²) >= 11 is 0. The fourth-order valence-electron chi connectivity index (χ4n) is 6.26. The number of hydrogen-bond acceptors (Lipinski definition) is 5. The van der Waals surface area contributed by atoms with Gasteiger partial charge in [-0.3, -0.25) is 14.5 Å². The van der Waals surface area contributed by atoms with Gasteiger partial charge in [0.15, 0.2) is 0 Å². The zero-order valence-corrected chi connectivity index (χ0v) is 24.3. The van der Waals surface area contributed by atoms with Crippen molar-refractivity contribution in [2.24, 2.45) is 0 Å². The third kappa shape index (κ3) is 6.66. The molecule has 44 heavy (non-hydrogen) atoms. The summed E-state index contributed by atoms with van der Waals surface area (Å²) in [6, 6.07) is 20.4. The summed E-state index contributed by atoms with van der Waals surface area (Å²) in [6.45, 7) is 6.67. The standard InChI is InChI=1S/C34H35F3N4O3/c1-22-7-14-30(32(42)39-22)41-20-25-17-27(12-13-28(25)33(41)43)44-31-21-40(19-24-8-10-26(11-9-24)34(35,36)37)16-15-29(31)38-18-23-5-3-2-4-6-23/h2-6,8-13,17,29-31,38H,1,7,14-16,18-21H2,(H,39,42). The van der Waals surface area contributed by atoms with E-state index in [0.29, 0.717) is 56.0 Å². The Bertz CT molecular complexity index is 1530. The molecule has 3 aromatic carbocycles. The van der Waals surface area contributed by atoms with E-state index in [1.54, 1.807) is 17.0 Å². The number of hydrogen-bond donors (Lipinski definition) is 2. The van der Waals surface area contributed by atoms with Crippen molar-refractivity contribution in [1.82, 2.24) is 20.4 Å². The van der Waals surface area contributed by atoms with Crippen LogP contribution < -0.4 is 15.4 Å². The van der Waals surface area contributed by atoms with Gasteiger partial charge >= 0.3 is 6.18 Å². The molecule has 0 saturated carbocycles. The largest absolute Gasteiger partial charge is 0.487 e. The summed E-state index contributed by atoms with van der Waals surface area (Å²) in [5, 5.41) is 6.41. The number of carbonyl (C=O) groups excluding carboxylic acids is 2. The van der Waals surface area contributed by atoms with Crippen LogP contribution in [0.15, 0.2) is 85.1 Å². The topological polar surface area (TPSA) is 73.9 Å². The Morgan fingerprint density at radius 2 is 1.75 bits per heavy atom. The molecule has 0 radical (unpaired) electrons. The van der Waals surface area contributed by atoms with Crippen molar-refractivity contribution in [2.45, 2.75) is 63.3 Å². The van der Waals surface area contributed by atoms with Gasteiger partial charge < -0.3 is 20.3 Å². The molecule has 2 fully saturated rings. The number of amides is 2. The number of piperidine rings is 2. The maximum absolute atomic E-state index is 13.2. The van der Waals surface area contributed by atoms with Crippen LogP contribution in [0.1, 0.15) is 51.9 Å². The number of rotatable bonds is 8. The van der Waals surface area contributed by atoms with Crippen LogP contribution in [-0.4, -0.2) is 52.9 Å². The molecule has 0 aromatic heterocycles. The second-order valence-corrected chi connectivity index (χ2v) is 11.7. The van der Waals surface area contributed by atoms with Crippen molar-refractivity contribution in [2.75, 3.05) is 13.1 Å². The molecule has 2 amide bonds. The molecule has 3 heterocycles. The van der Waals surface area contributed by atoms with Crippen LogP contribution in [0.4, 0.5) is 13.2 Å². The van der Waals surface area contributed by atoms with Crippen molar-refractivity contribution < 1.29 is 27.5 Å². The van der Waals surface area contributed by atoms with Gasteiger partial charge in [-0.05, 0) is 66.3 Å². The number of carbonyl (C=O) groups is 2. The first-order chi connectivity index (χ1) is 21.1. The Balaban J connectivity index is 1.16. The zero-order chi connectivity index (χ0) is 30.8. The molecule has 230 valence electrons. The molecule has 3 atom stereocenters. The van der Waals surface area contributed by atoms with Crippen molar-refractivity contribution in [1.29, 1.82) is 0 Å². The van der Waals surface area contributed by atoms with Gasteiger partial charge in [0.25, 0.3) is 5.91 Å². The highest BCUT2D eigenvalue weighted by molar-refractivity contribution is 6.01. The van der Waals surface area contributed by atoms with Crippen LogP contribution in [0.25, 0.3) is 0 Å². The van der Waals surface area contributed by atoms with Crippen molar-refractivity contribution in [3.05, 3.63) is 113 Å². The van der Waals surface area contributed by atoms with Gasteiger partial charge in [0.05, 0.1) is 5.56 Å². The van der Waals surface area contributed by atoms with E-state index >= 15 is 0 Å². The summed E-state index contributed by atoms with van der Waals surface area (Å²) < 4.78 is 45.7. The highest BCUT2D eigenvalue weighted by Crippen LogP contribution is 2.32. The number of fused-ring (bicyclic) bond motifs is 1. The molecule has 0 spiro atoms. The minimum absolute atomic E-state index is 0.0319. The molecule has 3 aliphatic rings. The van der Waals surface area contributed by atoms with Gasteiger partial charge in [-0.15, -0.1) is 0 Å². The first-order valence-electron chi connectivity index (χ1n) is 14.9. The molecular weight excluding hydrogens is 569 g/mol. The average Bonchev–Trinajstić information content (AvgIpc) is 3.32. The lowest BCUT2D eigenvalue weighted by Gasteiger charge is -2.39.